The predicted molar refractivity (Wildman–Crippen MR) is 74.8 cm³/mol. The third-order valence-electron chi connectivity index (χ3n) is 3.72. The summed E-state index contributed by atoms with van der Waals surface area (Å²) in [6, 6.07) is 0.0211. The van der Waals surface area contributed by atoms with Crippen LogP contribution in [-0.4, -0.2) is 27.6 Å². The van der Waals surface area contributed by atoms with E-state index < -0.39 is 5.97 Å². The lowest BCUT2D eigenvalue weighted by Crippen LogP contribution is -2.41. The van der Waals surface area contributed by atoms with E-state index in [1.54, 1.807) is 12.3 Å². The van der Waals surface area contributed by atoms with E-state index in [4.69, 9.17) is 5.11 Å². The number of aliphatic carboxylic acids is 1. The molecule has 1 aromatic rings. The van der Waals surface area contributed by atoms with Gasteiger partial charge in [-0.3, -0.25) is 19.0 Å². The van der Waals surface area contributed by atoms with Gasteiger partial charge in [0.2, 0.25) is 5.91 Å². The summed E-state index contributed by atoms with van der Waals surface area (Å²) in [5.74, 6) is -1.23. The number of carbonyl (C=O) groups is 2. The van der Waals surface area contributed by atoms with Crippen molar-refractivity contribution >= 4 is 23.2 Å². The summed E-state index contributed by atoms with van der Waals surface area (Å²) in [6.07, 6.45) is 2.55. The molecule has 1 aliphatic carbocycles. The Morgan fingerprint density at radius 3 is 2.55 bits per heavy atom. The van der Waals surface area contributed by atoms with E-state index in [2.05, 4.69) is 5.32 Å². The zero-order valence-electron chi connectivity index (χ0n) is 11.3. The van der Waals surface area contributed by atoms with Gasteiger partial charge in [0, 0.05) is 17.1 Å². The fourth-order valence-electron chi connectivity index (χ4n) is 2.50. The van der Waals surface area contributed by atoms with Crippen molar-refractivity contribution in [2.75, 3.05) is 0 Å². The van der Waals surface area contributed by atoms with E-state index in [-0.39, 0.29) is 29.3 Å². The third kappa shape index (κ3) is 3.47. The molecule has 0 aromatic carbocycles. The Labute approximate surface area is 120 Å². The van der Waals surface area contributed by atoms with Crippen molar-refractivity contribution in [1.29, 1.82) is 0 Å². The van der Waals surface area contributed by atoms with Crippen molar-refractivity contribution in [1.82, 2.24) is 9.88 Å². The van der Waals surface area contributed by atoms with Gasteiger partial charge in [0.1, 0.15) is 6.54 Å². The second-order valence-corrected chi connectivity index (χ2v) is 6.00. The number of hydrogen-bond acceptors (Lipinski definition) is 4. The van der Waals surface area contributed by atoms with E-state index in [1.165, 1.54) is 4.57 Å². The van der Waals surface area contributed by atoms with Crippen LogP contribution in [0.1, 0.15) is 31.4 Å². The van der Waals surface area contributed by atoms with Crippen molar-refractivity contribution < 1.29 is 14.7 Å². The molecule has 0 atom stereocenters. The largest absolute Gasteiger partial charge is 0.481 e. The van der Waals surface area contributed by atoms with Gasteiger partial charge in [-0.25, -0.2) is 0 Å². The first kappa shape index (κ1) is 14.8. The van der Waals surface area contributed by atoms with E-state index in [0.29, 0.717) is 25.7 Å². The van der Waals surface area contributed by atoms with Crippen molar-refractivity contribution in [2.24, 2.45) is 5.92 Å². The van der Waals surface area contributed by atoms with Crippen LogP contribution in [0, 0.1) is 12.8 Å². The number of carboxylic acids is 1. The summed E-state index contributed by atoms with van der Waals surface area (Å²) in [7, 11) is 0. The Morgan fingerprint density at radius 2 is 2.05 bits per heavy atom. The average molecular weight is 298 g/mol. The number of aromatic nitrogens is 1. The smallest absolute Gasteiger partial charge is 0.307 e. The molecule has 1 heterocycles. The molecule has 20 heavy (non-hydrogen) atoms. The first-order chi connectivity index (χ1) is 9.47. The number of amides is 1. The van der Waals surface area contributed by atoms with Gasteiger partial charge in [0.05, 0.1) is 5.92 Å². The van der Waals surface area contributed by atoms with Crippen LogP contribution in [0.15, 0.2) is 10.2 Å². The van der Waals surface area contributed by atoms with Crippen molar-refractivity contribution in [3.63, 3.8) is 0 Å². The number of hydrogen-bond donors (Lipinski definition) is 2. The maximum atomic E-state index is 11.9. The van der Waals surface area contributed by atoms with E-state index >= 15 is 0 Å². The maximum absolute atomic E-state index is 11.9. The zero-order valence-corrected chi connectivity index (χ0v) is 12.1. The number of nitrogens with one attached hydrogen (secondary N) is 1. The van der Waals surface area contributed by atoms with Gasteiger partial charge >= 0.3 is 10.8 Å². The first-order valence-electron chi connectivity index (χ1n) is 6.64. The normalized spacial score (nSPS) is 22.4. The molecule has 1 aliphatic rings. The maximum Gasteiger partial charge on any atom is 0.307 e. The Balaban J connectivity index is 1.84. The topological polar surface area (TPSA) is 88.4 Å². The second-order valence-electron chi connectivity index (χ2n) is 5.18. The lowest BCUT2D eigenvalue weighted by molar-refractivity contribution is -0.142. The fraction of sp³-hybridized carbons (Fsp3) is 0.615. The quantitative estimate of drug-likeness (QED) is 0.867. The van der Waals surface area contributed by atoms with E-state index in [1.807, 2.05) is 0 Å². The molecular weight excluding hydrogens is 280 g/mol. The predicted octanol–water partition coefficient (Wildman–Crippen LogP) is 0.978. The average Bonchev–Trinajstić information content (AvgIpc) is 2.71. The zero-order chi connectivity index (χ0) is 14.7. The molecule has 0 saturated heterocycles. The highest BCUT2D eigenvalue weighted by Gasteiger charge is 2.26. The molecule has 2 N–H and O–H groups in total. The summed E-state index contributed by atoms with van der Waals surface area (Å²) < 4.78 is 1.45. The lowest BCUT2D eigenvalue weighted by atomic mass is 9.86. The molecular formula is C13H18N2O4S. The summed E-state index contributed by atoms with van der Waals surface area (Å²) in [6.45, 7) is 1.83. The number of carbonyl (C=O) groups excluding carboxylic acids is 1. The highest BCUT2D eigenvalue weighted by Crippen LogP contribution is 2.24. The van der Waals surface area contributed by atoms with Crippen LogP contribution < -0.4 is 10.2 Å². The van der Waals surface area contributed by atoms with Crippen LogP contribution in [-0.2, 0) is 16.1 Å². The SMILES string of the molecule is Cc1csc(=O)n1CC(=O)NC1CCC(C(=O)O)CC1. The van der Waals surface area contributed by atoms with Gasteiger partial charge < -0.3 is 10.4 Å². The lowest BCUT2D eigenvalue weighted by Gasteiger charge is -2.26. The molecule has 110 valence electrons. The molecule has 1 amide bonds. The summed E-state index contributed by atoms with van der Waals surface area (Å²) in [5, 5.41) is 13.5. The molecule has 0 radical (unpaired) electrons. The van der Waals surface area contributed by atoms with Crippen molar-refractivity contribution in [2.45, 2.75) is 45.2 Å². The van der Waals surface area contributed by atoms with Crippen LogP contribution in [0.2, 0.25) is 0 Å². The van der Waals surface area contributed by atoms with Gasteiger partial charge in [-0.2, -0.15) is 0 Å². The van der Waals surface area contributed by atoms with Crippen LogP contribution in [0.5, 0.6) is 0 Å². The van der Waals surface area contributed by atoms with Crippen LogP contribution in [0.4, 0.5) is 0 Å². The van der Waals surface area contributed by atoms with Crippen molar-refractivity contribution in [3.8, 4) is 0 Å². The fourth-order valence-corrected chi connectivity index (χ4v) is 3.23. The second kappa shape index (κ2) is 6.21. The molecule has 7 heteroatoms. The van der Waals surface area contributed by atoms with Gasteiger partial charge in [-0.05, 0) is 32.6 Å². The summed E-state index contributed by atoms with van der Waals surface area (Å²) >= 11 is 1.08. The van der Waals surface area contributed by atoms with Gasteiger partial charge in [-0.1, -0.05) is 11.3 Å². The Hall–Kier alpha value is -1.63. The van der Waals surface area contributed by atoms with Crippen LogP contribution in [0.3, 0.4) is 0 Å². The van der Waals surface area contributed by atoms with Gasteiger partial charge in [-0.15, -0.1) is 0 Å². The van der Waals surface area contributed by atoms with Crippen molar-refractivity contribution in [3.05, 3.63) is 20.7 Å². The minimum Gasteiger partial charge on any atom is -0.481 e. The number of aryl methyl sites for hydroxylation is 1. The Morgan fingerprint density at radius 1 is 1.40 bits per heavy atom. The minimum absolute atomic E-state index is 0.0211. The van der Waals surface area contributed by atoms with Gasteiger partial charge in [0.25, 0.3) is 0 Å². The molecule has 0 aliphatic heterocycles. The number of thiazole rings is 1. The third-order valence-corrected chi connectivity index (χ3v) is 4.60. The molecule has 0 spiro atoms. The number of rotatable bonds is 4. The molecule has 1 saturated carbocycles. The highest BCUT2D eigenvalue weighted by molar-refractivity contribution is 7.07. The molecule has 6 nitrogen and oxygen atoms in total. The Kier molecular flexibility index (Phi) is 4.59. The minimum atomic E-state index is -0.754. The van der Waals surface area contributed by atoms with Crippen LogP contribution in [0.25, 0.3) is 0 Å². The summed E-state index contributed by atoms with van der Waals surface area (Å²) in [5.41, 5.74) is 0.782. The Bertz CT molecular complexity index is 555. The highest BCUT2D eigenvalue weighted by atomic mass is 32.1. The first-order valence-corrected chi connectivity index (χ1v) is 7.52. The number of nitrogens with zero attached hydrogens (tertiary/aromatic N) is 1. The summed E-state index contributed by atoms with van der Waals surface area (Å²) in [4.78, 5) is 34.2. The van der Waals surface area contributed by atoms with Crippen LogP contribution >= 0.6 is 11.3 Å². The molecule has 0 unspecified atom stereocenters. The van der Waals surface area contributed by atoms with E-state index in [9.17, 15) is 14.4 Å². The monoisotopic (exact) mass is 298 g/mol. The molecule has 1 fully saturated rings. The van der Waals surface area contributed by atoms with Gasteiger partial charge in [0.15, 0.2) is 0 Å². The number of carboxylic acid groups (broad SMARTS) is 1. The standard InChI is InChI=1S/C13H18N2O4S/c1-8-7-20-13(19)15(8)6-11(16)14-10-4-2-9(3-5-10)12(17)18/h7,9-10H,2-6H2,1H3,(H,14,16)(H,17,18). The molecule has 1 aromatic heterocycles. The molecule has 0 bridgehead atoms. The molecule has 2 rings (SSSR count). The van der Waals surface area contributed by atoms with E-state index in [0.717, 1.165) is 17.0 Å².